The summed E-state index contributed by atoms with van der Waals surface area (Å²) in [7, 11) is 0. The molecule has 2 aromatic rings. The number of nitriles is 1. The average molecular weight is 457 g/mol. The molecule has 0 atom stereocenters. The summed E-state index contributed by atoms with van der Waals surface area (Å²) < 4.78 is 11.5. The fourth-order valence-electron chi connectivity index (χ4n) is 3.66. The zero-order valence-corrected chi connectivity index (χ0v) is 19.4. The van der Waals surface area contributed by atoms with Gasteiger partial charge in [0.15, 0.2) is 11.5 Å². The van der Waals surface area contributed by atoms with Crippen LogP contribution in [0.5, 0.6) is 11.5 Å². The zero-order valence-electron chi connectivity index (χ0n) is 18.6. The zero-order chi connectivity index (χ0) is 22.9. The molecular weight excluding hydrogens is 428 g/mol. The molecule has 0 aliphatic carbocycles. The topological polar surface area (TPSA) is 78.7 Å². The SMILES string of the molecule is CCCCOc1c(Cl)cc(C(=O)N2CCCN(c3ncccc3C#N)CC2)cc1OCC. The van der Waals surface area contributed by atoms with Gasteiger partial charge in [-0.15, -0.1) is 0 Å². The van der Waals surface area contributed by atoms with Gasteiger partial charge in [0, 0.05) is 37.9 Å². The first-order valence-corrected chi connectivity index (χ1v) is 11.4. The summed E-state index contributed by atoms with van der Waals surface area (Å²) in [5.41, 5.74) is 1.02. The summed E-state index contributed by atoms with van der Waals surface area (Å²) in [6.45, 7) is 7.43. The van der Waals surface area contributed by atoms with Crippen LogP contribution in [0.25, 0.3) is 0 Å². The number of aromatic nitrogens is 1. The van der Waals surface area contributed by atoms with Gasteiger partial charge >= 0.3 is 0 Å². The molecule has 1 fully saturated rings. The van der Waals surface area contributed by atoms with Crippen LogP contribution in [-0.4, -0.2) is 55.2 Å². The molecule has 0 spiro atoms. The van der Waals surface area contributed by atoms with Crippen LogP contribution < -0.4 is 14.4 Å². The Balaban J connectivity index is 1.76. The highest BCUT2D eigenvalue weighted by atomic mass is 35.5. The molecule has 0 N–H and O–H groups in total. The van der Waals surface area contributed by atoms with Crippen molar-refractivity contribution in [1.29, 1.82) is 5.26 Å². The summed E-state index contributed by atoms with van der Waals surface area (Å²) in [6.07, 6.45) is 4.39. The summed E-state index contributed by atoms with van der Waals surface area (Å²) in [4.78, 5) is 21.5. The van der Waals surface area contributed by atoms with Gasteiger partial charge in [0.05, 0.1) is 23.8 Å². The molecule has 32 heavy (non-hydrogen) atoms. The van der Waals surface area contributed by atoms with Crippen LogP contribution in [0.15, 0.2) is 30.5 Å². The molecule has 1 aliphatic rings. The second kappa shape index (κ2) is 11.6. The van der Waals surface area contributed by atoms with Gasteiger partial charge < -0.3 is 19.3 Å². The van der Waals surface area contributed by atoms with Crippen LogP contribution in [0.2, 0.25) is 5.02 Å². The maximum absolute atomic E-state index is 13.3. The van der Waals surface area contributed by atoms with Crippen molar-refractivity contribution in [2.75, 3.05) is 44.3 Å². The molecule has 170 valence electrons. The van der Waals surface area contributed by atoms with E-state index in [2.05, 4.69) is 22.9 Å². The number of nitrogens with zero attached hydrogens (tertiary/aromatic N) is 4. The Kier molecular flexibility index (Phi) is 8.57. The Bertz CT molecular complexity index is 976. The van der Waals surface area contributed by atoms with Gasteiger partial charge in [-0.05, 0) is 44.0 Å². The van der Waals surface area contributed by atoms with Crippen LogP contribution in [-0.2, 0) is 0 Å². The number of pyridine rings is 1. The summed E-state index contributed by atoms with van der Waals surface area (Å²) in [5, 5.41) is 9.75. The fourth-order valence-corrected chi connectivity index (χ4v) is 3.93. The van der Waals surface area contributed by atoms with E-state index in [4.69, 9.17) is 21.1 Å². The maximum atomic E-state index is 13.3. The molecule has 0 radical (unpaired) electrons. The number of carbonyl (C=O) groups is 1. The van der Waals surface area contributed by atoms with Gasteiger partial charge in [0.2, 0.25) is 0 Å². The minimum atomic E-state index is -0.101. The van der Waals surface area contributed by atoms with E-state index in [-0.39, 0.29) is 5.91 Å². The van der Waals surface area contributed by atoms with Crippen molar-refractivity contribution in [3.8, 4) is 17.6 Å². The standard InChI is InChI=1S/C24H29ClN4O3/c1-3-5-14-32-22-20(25)15-19(16-21(22)31-4-2)24(30)29-11-7-10-28(12-13-29)23-18(17-26)8-6-9-27-23/h6,8-9,15-16H,3-5,7,10-14H2,1-2H3. The molecular formula is C24H29ClN4O3. The third kappa shape index (κ3) is 5.63. The summed E-state index contributed by atoms with van der Waals surface area (Å²) in [5.74, 6) is 1.54. The van der Waals surface area contributed by atoms with E-state index in [1.807, 2.05) is 11.8 Å². The summed E-state index contributed by atoms with van der Waals surface area (Å²) in [6, 6.07) is 9.08. The van der Waals surface area contributed by atoms with E-state index in [9.17, 15) is 10.1 Å². The monoisotopic (exact) mass is 456 g/mol. The van der Waals surface area contributed by atoms with Crippen molar-refractivity contribution in [3.05, 3.63) is 46.6 Å². The molecule has 1 saturated heterocycles. The van der Waals surface area contributed by atoms with Gasteiger partial charge in [-0.2, -0.15) is 5.26 Å². The fraction of sp³-hybridized carbons (Fsp3) is 0.458. The largest absolute Gasteiger partial charge is 0.490 e. The molecule has 1 amide bonds. The highest BCUT2D eigenvalue weighted by Gasteiger charge is 2.24. The third-order valence-electron chi connectivity index (χ3n) is 5.29. The molecule has 1 aromatic carbocycles. The van der Waals surface area contributed by atoms with E-state index < -0.39 is 0 Å². The second-order valence-corrected chi connectivity index (χ2v) is 7.95. The number of carbonyl (C=O) groups excluding carboxylic acids is 1. The second-order valence-electron chi connectivity index (χ2n) is 7.54. The van der Waals surface area contributed by atoms with E-state index in [1.54, 1.807) is 30.5 Å². The molecule has 1 aliphatic heterocycles. The number of rotatable bonds is 8. The Labute approximate surface area is 194 Å². The highest BCUT2D eigenvalue weighted by Crippen LogP contribution is 2.37. The smallest absolute Gasteiger partial charge is 0.254 e. The van der Waals surface area contributed by atoms with Crippen molar-refractivity contribution in [2.45, 2.75) is 33.1 Å². The van der Waals surface area contributed by atoms with E-state index in [0.29, 0.717) is 66.3 Å². The molecule has 3 rings (SSSR count). The number of amides is 1. The molecule has 0 saturated carbocycles. The molecule has 7 nitrogen and oxygen atoms in total. The number of halogens is 1. The molecule has 1 aromatic heterocycles. The van der Waals surface area contributed by atoms with Crippen LogP contribution >= 0.6 is 11.6 Å². The predicted octanol–water partition coefficient (Wildman–Crippen LogP) is 4.54. The van der Waals surface area contributed by atoms with Gasteiger partial charge in [-0.3, -0.25) is 4.79 Å². The lowest BCUT2D eigenvalue weighted by Gasteiger charge is -2.24. The number of ether oxygens (including phenoxy) is 2. The first-order valence-electron chi connectivity index (χ1n) is 11.1. The Hall–Kier alpha value is -2.98. The minimum absolute atomic E-state index is 0.101. The highest BCUT2D eigenvalue weighted by molar-refractivity contribution is 6.32. The number of hydrogen-bond donors (Lipinski definition) is 0. The lowest BCUT2D eigenvalue weighted by atomic mass is 10.1. The van der Waals surface area contributed by atoms with Crippen LogP contribution in [0.3, 0.4) is 0 Å². The summed E-state index contributed by atoms with van der Waals surface area (Å²) >= 11 is 6.48. The lowest BCUT2D eigenvalue weighted by Crippen LogP contribution is -2.35. The van der Waals surface area contributed by atoms with Gasteiger partial charge in [-0.1, -0.05) is 24.9 Å². The number of hydrogen-bond acceptors (Lipinski definition) is 6. The van der Waals surface area contributed by atoms with Crippen molar-refractivity contribution in [3.63, 3.8) is 0 Å². The predicted molar refractivity (Wildman–Crippen MR) is 125 cm³/mol. The lowest BCUT2D eigenvalue weighted by molar-refractivity contribution is 0.0766. The first-order chi connectivity index (χ1) is 15.6. The van der Waals surface area contributed by atoms with Gasteiger partial charge in [0.1, 0.15) is 11.9 Å². The van der Waals surface area contributed by atoms with Crippen LogP contribution in [0.1, 0.15) is 49.0 Å². The molecule has 8 heteroatoms. The number of unbranched alkanes of at least 4 members (excludes halogenated alkanes) is 1. The normalized spacial score (nSPS) is 13.9. The third-order valence-corrected chi connectivity index (χ3v) is 5.57. The maximum Gasteiger partial charge on any atom is 0.254 e. The minimum Gasteiger partial charge on any atom is -0.490 e. The van der Waals surface area contributed by atoms with E-state index >= 15 is 0 Å². The molecule has 0 unspecified atom stereocenters. The van der Waals surface area contributed by atoms with Crippen molar-refractivity contribution in [2.24, 2.45) is 0 Å². The molecule has 0 bridgehead atoms. The van der Waals surface area contributed by atoms with E-state index in [1.165, 1.54) is 0 Å². The number of benzene rings is 1. The quantitative estimate of drug-likeness (QED) is 0.543. The van der Waals surface area contributed by atoms with Crippen LogP contribution in [0, 0.1) is 11.3 Å². The Morgan fingerprint density at radius 3 is 2.81 bits per heavy atom. The first kappa shape index (κ1) is 23.7. The Morgan fingerprint density at radius 1 is 1.22 bits per heavy atom. The van der Waals surface area contributed by atoms with Gasteiger partial charge in [-0.25, -0.2) is 4.98 Å². The van der Waals surface area contributed by atoms with Crippen molar-refractivity contribution >= 4 is 23.3 Å². The van der Waals surface area contributed by atoms with Crippen LogP contribution in [0.4, 0.5) is 5.82 Å². The van der Waals surface area contributed by atoms with Crippen molar-refractivity contribution < 1.29 is 14.3 Å². The number of anilines is 1. The average Bonchev–Trinajstić information content (AvgIpc) is 3.06. The Morgan fingerprint density at radius 2 is 2.06 bits per heavy atom. The van der Waals surface area contributed by atoms with Gasteiger partial charge in [0.25, 0.3) is 5.91 Å². The van der Waals surface area contributed by atoms with E-state index in [0.717, 1.165) is 25.8 Å². The molecule has 2 heterocycles. The van der Waals surface area contributed by atoms with Crippen molar-refractivity contribution in [1.82, 2.24) is 9.88 Å².